The van der Waals surface area contributed by atoms with Crippen LogP contribution in [0, 0.1) is 13.8 Å². The Morgan fingerprint density at radius 1 is 1.30 bits per heavy atom. The van der Waals surface area contributed by atoms with Crippen LogP contribution in [0.1, 0.15) is 27.3 Å². The first-order chi connectivity index (χ1) is 9.56. The molecule has 0 saturated carbocycles. The van der Waals surface area contributed by atoms with Crippen LogP contribution in [0.5, 0.6) is 0 Å². The van der Waals surface area contributed by atoms with E-state index in [-0.39, 0.29) is 5.91 Å². The zero-order chi connectivity index (χ0) is 14.3. The molecule has 0 saturated heterocycles. The number of aryl methyl sites for hydroxylation is 2. The number of nitrogens with two attached hydrogens (primary N) is 1. The third-order valence-corrected chi connectivity index (χ3v) is 3.72. The van der Waals surface area contributed by atoms with Gasteiger partial charge in [0.15, 0.2) is 0 Å². The Hall–Kier alpha value is -2.36. The number of rotatable bonds is 1. The van der Waals surface area contributed by atoms with Crippen molar-refractivity contribution in [3.8, 4) is 0 Å². The minimum absolute atomic E-state index is 0.0595. The van der Waals surface area contributed by atoms with Gasteiger partial charge < -0.3 is 10.6 Å². The van der Waals surface area contributed by atoms with Gasteiger partial charge in [-0.2, -0.15) is 0 Å². The number of amides is 1. The number of hydrogen-bond donors (Lipinski definition) is 1. The van der Waals surface area contributed by atoms with Crippen molar-refractivity contribution in [2.75, 3.05) is 17.2 Å². The summed E-state index contributed by atoms with van der Waals surface area (Å²) in [6, 6.07) is 9.46. The second-order valence-corrected chi connectivity index (χ2v) is 5.21. The molecule has 1 aliphatic rings. The first-order valence-corrected chi connectivity index (χ1v) is 6.71. The van der Waals surface area contributed by atoms with Crippen LogP contribution >= 0.6 is 0 Å². The van der Waals surface area contributed by atoms with Gasteiger partial charge in [-0.1, -0.05) is 12.1 Å². The largest absolute Gasteiger partial charge is 0.398 e. The van der Waals surface area contributed by atoms with Crippen LogP contribution in [0.4, 0.5) is 11.4 Å². The van der Waals surface area contributed by atoms with E-state index in [2.05, 4.69) is 11.1 Å². The average Bonchev–Trinajstić information content (AvgIpc) is 2.81. The number of aromatic nitrogens is 1. The Labute approximate surface area is 118 Å². The molecular formula is C16H17N3O. The van der Waals surface area contributed by atoms with Crippen molar-refractivity contribution in [1.82, 2.24) is 4.98 Å². The number of carbonyl (C=O) groups excluding carboxylic acids is 1. The van der Waals surface area contributed by atoms with Gasteiger partial charge in [-0.15, -0.1) is 0 Å². The fourth-order valence-corrected chi connectivity index (χ4v) is 2.59. The number of benzene rings is 1. The van der Waals surface area contributed by atoms with Gasteiger partial charge >= 0.3 is 0 Å². The van der Waals surface area contributed by atoms with Crippen molar-refractivity contribution in [3.63, 3.8) is 0 Å². The molecule has 1 aliphatic heterocycles. The lowest BCUT2D eigenvalue weighted by Crippen LogP contribution is -2.29. The number of hydrogen-bond acceptors (Lipinski definition) is 3. The zero-order valence-corrected chi connectivity index (χ0v) is 11.7. The van der Waals surface area contributed by atoms with Crippen LogP contribution in [-0.2, 0) is 6.42 Å². The topological polar surface area (TPSA) is 59.2 Å². The fourth-order valence-electron chi connectivity index (χ4n) is 2.59. The molecule has 3 rings (SSSR count). The van der Waals surface area contributed by atoms with E-state index in [0.717, 1.165) is 29.1 Å². The molecule has 20 heavy (non-hydrogen) atoms. The number of fused-ring (bicyclic) bond motifs is 1. The molecule has 4 heteroatoms. The lowest BCUT2D eigenvalue weighted by molar-refractivity contribution is 0.0984. The summed E-state index contributed by atoms with van der Waals surface area (Å²) >= 11 is 0. The molecular weight excluding hydrogens is 250 g/mol. The Bertz CT molecular complexity index is 694. The van der Waals surface area contributed by atoms with E-state index in [1.807, 2.05) is 32.0 Å². The molecule has 2 N–H and O–H groups in total. The molecule has 0 atom stereocenters. The standard InChI is InChI=1S/C16H17N3O/c1-10-8-12-6-7-19(15(12)9-13(10)17)16(20)14-5-3-4-11(2)18-14/h3-5,8-9H,6-7,17H2,1-2H3. The molecule has 1 aromatic carbocycles. The molecule has 0 bridgehead atoms. The van der Waals surface area contributed by atoms with Crippen molar-refractivity contribution >= 4 is 17.3 Å². The van der Waals surface area contributed by atoms with E-state index in [4.69, 9.17) is 5.73 Å². The van der Waals surface area contributed by atoms with Gasteiger partial charge in [0, 0.05) is 23.6 Å². The summed E-state index contributed by atoms with van der Waals surface area (Å²) in [5.41, 5.74) is 11.2. The Balaban J connectivity index is 1.99. The second kappa shape index (κ2) is 4.63. The molecule has 4 nitrogen and oxygen atoms in total. The Morgan fingerprint density at radius 2 is 2.10 bits per heavy atom. The summed E-state index contributed by atoms with van der Waals surface area (Å²) in [7, 11) is 0. The predicted molar refractivity (Wildman–Crippen MR) is 79.9 cm³/mol. The molecule has 1 aromatic heterocycles. The van der Waals surface area contributed by atoms with Gasteiger partial charge in [-0.05, 0) is 49.6 Å². The maximum atomic E-state index is 12.6. The summed E-state index contributed by atoms with van der Waals surface area (Å²) in [6.07, 6.45) is 0.869. The highest BCUT2D eigenvalue weighted by molar-refractivity contribution is 6.06. The summed E-state index contributed by atoms with van der Waals surface area (Å²) in [6.45, 7) is 4.56. The SMILES string of the molecule is Cc1cccc(C(=O)N2CCc3cc(C)c(N)cc32)n1. The summed E-state index contributed by atoms with van der Waals surface area (Å²) < 4.78 is 0. The van der Waals surface area contributed by atoms with E-state index in [0.29, 0.717) is 12.2 Å². The first kappa shape index (κ1) is 12.7. The third kappa shape index (κ3) is 2.03. The van der Waals surface area contributed by atoms with Crippen molar-refractivity contribution in [2.24, 2.45) is 0 Å². The van der Waals surface area contributed by atoms with Crippen LogP contribution in [0.3, 0.4) is 0 Å². The van der Waals surface area contributed by atoms with Crippen molar-refractivity contribution in [1.29, 1.82) is 0 Å². The summed E-state index contributed by atoms with van der Waals surface area (Å²) in [5.74, 6) is -0.0595. The lowest BCUT2D eigenvalue weighted by Gasteiger charge is -2.18. The molecule has 102 valence electrons. The first-order valence-electron chi connectivity index (χ1n) is 6.71. The molecule has 0 spiro atoms. The molecule has 2 aromatic rings. The maximum Gasteiger partial charge on any atom is 0.276 e. The molecule has 1 amide bonds. The average molecular weight is 267 g/mol. The lowest BCUT2D eigenvalue weighted by atomic mass is 10.1. The molecule has 2 heterocycles. The van der Waals surface area contributed by atoms with Crippen LogP contribution in [0.15, 0.2) is 30.3 Å². The van der Waals surface area contributed by atoms with E-state index >= 15 is 0 Å². The molecule has 0 aliphatic carbocycles. The van der Waals surface area contributed by atoms with Crippen LogP contribution in [-0.4, -0.2) is 17.4 Å². The van der Waals surface area contributed by atoms with Gasteiger partial charge in [0.1, 0.15) is 5.69 Å². The van der Waals surface area contributed by atoms with Crippen molar-refractivity contribution in [2.45, 2.75) is 20.3 Å². The Kier molecular flexibility index (Phi) is 2.93. The number of anilines is 2. The minimum atomic E-state index is -0.0595. The smallest absolute Gasteiger partial charge is 0.276 e. The monoisotopic (exact) mass is 267 g/mol. The molecule has 0 unspecified atom stereocenters. The third-order valence-electron chi connectivity index (χ3n) is 3.72. The second-order valence-electron chi connectivity index (χ2n) is 5.21. The van der Waals surface area contributed by atoms with Gasteiger partial charge in [-0.3, -0.25) is 4.79 Å². The van der Waals surface area contributed by atoms with Crippen molar-refractivity contribution in [3.05, 3.63) is 52.8 Å². The van der Waals surface area contributed by atoms with E-state index in [1.165, 1.54) is 5.56 Å². The summed E-state index contributed by atoms with van der Waals surface area (Å²) in [5, 5.41) is 0. The van der Waals surface area contributed by atoms with Gasteiger partial charge in [-0.25, -0.2) is 4.98 Å². The quantitative estimate of drug-likeness (QED) is 0.807. The number of nitrogen functional groups attached to an aromatic ring is 1. The maximum absolute atomic E-state index is 12.6. The predicted octanol–water partition coefficient (Wildman–Crippen LogP) is 2.48. The zero-order valence-electron chi connectivity index (χ0n) is 11.7. The van der Waals surface area contributed by atoms with Gasteiger partial charge in [0.05, 0.1) is 0 Å². The van der Waals surface area contributed by atoms with E-state index in [1.54, 1.807) is 11.0 Å². The summed E-state index contributed by atoms with van der Waals surface area (Å²) in [4.78, 5) is 18.7. The highest BCUT2D eigenvalue weighted by atomic mass is 16.2. The highest BCUT2D eigenvalue weighted by Crippen LogP contribution is 2.32. The fraction of sp³-hybridized carbons (Fsp3) is 0.250. The normalized spacial score (nSPS) is 13.4. The van der Waals surface area contributed by atoms with Crippen LogP contribution in [0.25, 0.3) is 0 Å². The van der Waals surface area contributed by atoms with Crippen LogP contribution in [0.2, 0.25) is 0 Å². The minimum Gasteiger partial charge on any atom is -0.398 e. The molecule has 0 radical (unpaired) electrons. The van der Waals surface area contributed by atoms with Crippen molar-refractivity contribution < 1.29 is 4.79 Å². The van der Waals surface area contributed by atoms with Gasteiger partial charge in [0.25, 0.3) is 5.91 Å². The number of nitrogens with zero attached hydrogens (tertiary/aromatic N) is 2. The highest BCUT2D eigenvalue weighted by Gasteiger charge is 2.26. The number of carbonyl (C=O) groups is 1. The Morgan fingerprint density at radius 3 is 2.85 bits per heavy atom. The molecule has 0 fully saturated rings. The van der Waals surface area contributed by atoms with Gasteiger partial charge in [0.2, 0.25) is 0 Å². The van der Waals surface area contributed by atoms with Crippen LogP contribution < -0.4 is 10.6 Å². The van der Waals surface area contributed by atoms with E-state index < -0.39 is 0 Å². The van der Waals surface area contributed by atoms with E-state index in [9.17, 15) is 4.79 Å². The number of pyridine rings is 1.